The number of carboxylic acids is 1. The highest BCUT2D eigenvalue weighted by molar-refractivity contribution is 5.87. The fourth-order valence-electron chi connectivity index (χ4n) is 4.34. The summed E-state index contributed by atoms with van der Waals surface area (Å²) < 4.78 is 5.09. The minimum atomic E-state index is -0.895. The maximum absolute atomic E-state index is 12.9. The smallest absolute Gasteiger partial charge is 0.326 e. The Morgan fingerprint density at radius 3 is 2.52 bits per heavy atom. The van der Waals surface area contributed by atoms with Crippen LogP contribution < -0.4 is 5.32 Å². The van der Waals surface area contributed by atoms with Crippen LogP contribution in [0, 0.1) is 5.92 Å². The summed E-state index contributed by atoms with van der Waals surface area (Å²) in [5.41, 5.74) is 0. The summed E-state index contributed by atoms with van der Waals surface area (Å²) in [4.78, 5) is 37.7. The van der Waals surface area contributed by atoms with Gasteiger partial charge in [0.15, 0.2) is 0 Å². The van der Waals surface area contributed by atoms with E-state index in [1.54, 1.807) is 11.8 Å². The maximum atomic E-state index is 12.9. The monoisotopic (exact) mass is 382 g/mol. The molecule has 0 radical (unpaired) electrons. The van der Waals surface area contributed by atoms with E-state index in [2.05, 4.69) is 5.32 Å². The molecule has 7 nitrogen and oxygen atoms in total. The van der Waals surface area contributed by atoms with Crippen molar-refractivity contribution in [3.63, 3.8) is 0 Å². The normalized spacial score (nSPS) is 25.9. The van der Waals surface area contributed by atoms with Crippen LogP contribution in [-0.2, 0) is 19.1 Å². The summed E-state index contributed by atoms with van der Waals surface area (Å²) >= 11 is 0. The molecule has 0 bridgehead atoms. The van der Waals surface area contributed by atoms with Gasteiger partial charge < -0.3 is 20.1 Å². The van der Waals surface area contributed by atoms with Gasteiger partial charge in [-0.3, -0.25) is 9.59 Å². The van der Waals surface area contributed by atoms with Crippen LogP contribution in [0.2, 0.25) is 0 Å². The third-order valence-electron chi connectivity index (χ3n) is 5.62. The first-order valence-corrected chi connectivity index (χ1v) is 10.3. The molecule has 1 saturated carbocycles. The molecule has 1 aliphatic heterocycles. The molecule has 0 spiro atoms. The first kappa shape index (κ1) is 21.7. The zero-order valence-electron chi connectivity index (χ0n) is 16.8. The number of nitrogens with one attached hydrogen (secondary N) is 1. The van der Waals surface area contributed by atoms with Gasteiger partial charge >= 0.3 is 11.9 Å². The Morgan fingerprint density at radius 1 is 1.15 bits per heavy atom. The lowest BCUT2D eigenvalue weighted by atomic mass is 9.84. The van der Waals surface area contributed by atoms with Gasteiger partial charge in [-0.05, 0) is 65.3 Å². The van der Waals surface area contributed by atoms with Crippen LogP contribution in [0.1, 0.15) is 72.1 Å². The highest BCUT2D eigenvalue weighted by Gasteiger charge is 2.48. The Bertz CT molecular complexity index is 536. The molecule has 3 unspecified atom stereocenters. The molecule has 2 aliphatic rings. The average Bonchev–Trinajstić information content (AvgIpc) is 2.99. The van der Waals surface area contributed by atoms with E-state index in [9.17, 15) is 19.5 Å². The van der Waals surface area contributed by atoms with Crippen molar-refractivity contribution in [3.8, 4) is 0 Å². The Hall–Kier alpha value is -1.63. The standard InChI is InChI=1S/C20H34N2O5/c1-13(2)27-18(23)10-6-7-11-21-14(3)19(24)22-16-9-5-4-8-15(16)12-17(22)20(25)26/h13-17,21H,4-12H2,1-3H3,(H,25,26)/t14-,15?,16?,17?/m0/s1. The third-order valence-corrected chi connectivity index (χ3v) is 5.62. The van der Waals surface area contributed by atoms with Crippen molar-refractivity contribution in [2.24, 2.45) is 5.92 Å². The van der Waals surface area contributed by atoms with E-state index in [1.165, 1.54) is 0 Å². The number of unbranched alkanes of at least 4 members (excludes halogenated alkanes) is 1. The van der Waals surface area contributed by atoms with E-state index < -0.39 is 18.1 Å². The quantitative estimate of drug-likeness (QED) is 0.469. The number of fused-ring (bicyclic) bond motifs is 1. The predicted octanol–water partition coefficient (Wildman–Crippen LogP) is 2.33. The van der Waals surface area contributed by atoms with Crippen LogP contribution >= 0.6 is 0 Å². The van der Waals surface area contributed by atoms with Crippen LogP contribution in [0.15, 0.2) is 0 Å². The lowest BCUT2D eigenvalue weighted by Gasteiger charge is -2.34. The number of nitrogens with zero attached hydrogens (tertiary/aromatic N) is 1. The largest absolute Gasteiger partial charge is 0.480 e. The molecule has 1 saturated heterocycles. The van der Waals surface area contributed by atoms with Gasteiger partial charge in [0, 0.05) is 12.5 Å². The fourth-order valence-corrected chi connectivity index (χ4v) is 4.34. The maximum Gasteiger partial charge on any atom is 0.326 e. The number of aliphatic carboxylic acids is 1. The Labute approximate surface area is 161 Å². The molecule has 7 heteroatoms. The van der Waals surface area contributed by atoms with E-state index in [1.807, 2.05) is 13.8 Å². The summed E-state index contributed by atoms with van der Waals surface area (Å²) in [6.45, 7) is 6.06. The average molecular weight is 383 g/mol. The number of likely N-dealkylation sites (tertiary alicyclic amines) is 1. The van der Waals surface area contributed by atoms with Crippen molar-refractivity contribution in [1.82, 2.24) is 10.2 Å². The highest BCUT2D eigenvalue weighted by atomic mass is 16.5. The lowest BCUT2D eigenvalue weighted by Crippen LogP contribution is -2.53. The summed E-state index contributed by atoms with van der Waals surface area (Å²) in [6, 6.07) is -1.04. The summed E-state index contributed by atoms with van der Waals surface area (Å²) in [7, 11) is 0. The highest BCUT2D eigenvalue weighted by Crippen LogP contribution is 2.40. The second-order valence-electron chi connectivity index (χ2n) is 8.12. The summed E-state index contributed by atoms with van der Waals surface area (Å²) in [6.07, 6.45) is 6.44. The number of hydrogen-bond donors (Lipinski definition) is 2. The second-order valence-corrected chi connectivity index (χ2v) is 8.12. The molecule has 1 heterocycles. The zero-order chi connectivity index (χ0) is 20.0. The molecule has 4 atom stereocenters. The van der Waals surface area contributed by atoms with E-state index in [0.717, 1.165) is 32.1 Å². The van der Waals surface area contributed by atoms with Crippen LogP contribution in [0.3, 0.4) is 0 Å². The number of esters is 1. The van der Waals surface area contributed by atoms with Gasteiger partial charge in [0.05, 0.1) is 12.1 Å². The number of carboxylic acid groups (broad SMARTS) is 1. The van der Waals surface area contributed by atoms with Gasteiger partial charge in [0.1, 0.15) is 6.04 Å². The Balaban J connectivity index is 1.79. The van der Waals surface area contributed by atoms with Gasteiger partial charge in [-0.25, -0.2) is 4.79 Å². The minimum Gasteiger partial charge on any atom is -0.480 e. The van der Waals surface area contributed by atoms with E-state index in [0.29, 0.717) is 31.7 Å². The molecule has 27 heavy (non-hydrogen) atoms. The SMILES string of the molecule is CC(C)OC(=O)CCCCN[C@@H](C)C(=O)N1C(C(=O)O)CC2CCCCC21. The number of amides is 1. The van der Waals surface area contributed by atoms with Gasteiger partial charge in [-0.1, -0.05) is 12.8 Å². The minimum absolute atomic E-state index is 0.0717. The van der Waals surface area contributed by atoms with Crippen molar-refractivity contribution in [2.75, 3.05) is 6.54 Å². The van der Waals surface area contributed by atoms with Gasteiger partial charge in [0.25, 0.3) is 0 Å². The topological polar surface area (TPSA) is 95.9 Å². The Kier molecular flexibility index (Phi) is 8.07. The molecule has 0 aromatic rings. The molecular formula is C20H34N2O5. The van der Waals surface area contributed by atoms with Crippen LogP contribution in [0.5, 0.6) is 0 Å². The second kappa shape index (κ2) is 10.1. The van der Waals surface area contributed by atoms with Crippen molar-refractivity contribution < 1.29 is 24.2 Å². The molecular weight excluding hydrogens is 348 g/mol. The number of hydrogen-bond acceptors (Lipinski definition) is 5. The summed E-state index contributed by atoms with van der Waals surface area (Å²) in [5, 5.41) is 12.8. The predicted molar refractivity (Wildman–Crippen MR) is 101 cm³/mol. The molecule has 0 aromatic heterocycles. The lowest BCUT2D eigenvalue weighted by molar-refractivity contribution is -0.150. The summed E-state index contributed by atoms with van der Waals surface area (Å²) in [5.74, 6) is -0.883. The zero-order valence-corrected chi connectivity index (χ0v) is 16.8. The molecule has 2 N–H and O–H groups in total. The van der Waals surface area contributed by atoms with Crippen molar-refractivity contribution in [1.29, 1.82) is 0 Å². The number of ether oxygens (including phenoxy) is 1. The molecule has 0 aromatic carbocycles. The first-order chi connectivity index (χ1) is 12.8. The van der Waals surface area contributed by atoms with E-state index >= 15 is 0 Å². The van der Waals surface area contributed by atoms with Gasteiger partial charge in [-0.2, -0.15) is 0 Å². The van der Waals surface area contributed by atoms with Crippen molar-refractivity contribution in [3.05, 3.63) is 0 Å². The molecule has 1 aliphatic carbocycles. The first-order valence-electron chi connectivity index (χ1n) is 10.3. The molecule has 154 valence electrons. The van der Waals surface area contributed by atoms with E-state index in [4.69, 9.17) is 4.74 Å². The molecule has 2 rings (SSSR count). The van der Waals surface area contributed by atoms with Gasteiger partial charge in [0.2, 0.25) is 5.91 Å². The number of rotatable bonds is 9. The number of carbonyl (C=O) groups excluding carboxylic acids is 2. The number of carbonyl (C=O) groups is 3. The van der Waals surface area contributed by atoms with Gasteiger partial charge in [-0.15, -0.1) is 0 Å². The molecule has 1 amide bonds. The molecule has 2 fully saturated rings. The third kappa shape index (κ3) is 5.92. The van der Waals surface area contributed by atoms with Crippen molar-refractivity contribution >= 4 is 17.8 Å². The Morgan fingerprint density at radius 2 is 1.85 bits per heavy atom. The van der Waals surface area contributed by atoms with Crippen molar-refractivity contribution in [2.45, 2.75) is 96.4 Å². The van der Waals surface area contributed by atoms with Crippen LogP contribution in [0.25, 0.3) is 0 Å². The van der Waals surface area contributed by atoms with Crippen LogP contribution in [-0.4, -0.2) is 58.6 Å². The van der Waals surface area contributed by atoms with Crippen LogP contribution in [0.4, 0.5) is 0 Å². The van der Waals surface area contributed by atoms with E-state index in [-0.39, 0.29) is 24.0 Å². The fraction of sp³-hybridized carbons (Fsp3) is 0.850.